The van der Waals surface area contributed by atoms with Gasteiger partial charge in [0.15, 0.2) is 0 Å². The Labute approximate surface area is 99.5 Å². The first-order valence-corrected chi connectivity index (χ1v) is 3.54. The quantitative estimate of drug-likeness (QED) is 0.243. The summed E-state index contributed by atoms with van der Waals surface area (Å²) in [5.41, 5.74) is 0. The molecule has 0 atom stereocenters. The van der Waals surface area contributed by atoms with Crippen LogP contribution in [0.5, 0.6) is 0 Å². The summed E-state index contributed by atoms with van der Waals surface area (Å²) in [4.78, 5) is 0. The molecule has 3 nitrogen and oxygen atoms in total. The number of quaternary nitrogens is 1. The molecule has 0 saturated heterocycles. The number of hydrogen-bond acceptors (Lipinski definition) is 2. The molecule has 6 heteroatoms. The zero-order valence-corrected chi connectivity index (χ0v) is 11.2. The van der Waals surface area contributed by atoms with Crippen LogP contribution in [0.3, 0.4) is 0 Å². The maximum Gasteiger partial charge on any atom is 1.00 e. The Kier molecular flexibility index (Phi) is 15.5. The Balaban J connectivity index is -0.000000107. The first-order valence-electron chi connectivity index (χ1n) is 2.81. The van der Waals surface area contributed by atoms with Gasteiger partial charge in [-0.15, -0.1) is 12.4 Å². The summed E-state index contributed by atoms with van der Waals surface area (Å²) in [6, 6.07) is 0. The van der Waals surface area contributed by atoms with E-state index < -0.39 is 0 Å². The van der Waals surface area contributed by atoms with Gasteiger partial charge in [0, 0.05) is 0 Å². The number of likely N-dealkylation sites (N-methyl/N-ethyl adjacent to an activating group) is 1. The third-order valence-corrected chi connectivity index (χ3v) is 1.19. The molecule has 0 spiro atoms. The average Bonchev–Trinajstić information content (AvgIpc) is 1.63. The molecule has 0 aliphatic carbocycles. The van der Waals surface area contributed by atoms with Crippen molar-refractivity contribution < 1.29 is 44.6 Å². The van der Waals surface area contributed by atoms with Crippen molar-refractivity contribution >= 4 is 21.1 Å². The Bertz CT molecular complexity index is 104. The average molecular weight is 211 g/mol. The van der Waals surface area contributed by atoms with E-state index in [9.17, 15) is 4.57 Å². The van der Waals surface area contributed by atoms with Gasteiger partial charge in [-0.25, -0.2) is 4.57 Å². The number of rotatable bonds is 4. The van der Waals surface area contributed by atoms with Gasteiger partial charge in [0.05, 0.1) is 21.1 Å². The van der Waals surface area contributed by atoms with Crippen molar-refractivity contribution in [1.29, 1.82) is 0 Å². The standard InChI is InChI=1S/C5H13NO2P.ClH.Na.H/c1-6(2,3)4-5-8-9-7;;;/h4-5H2,1-3H3;1H;;/q+1;;+1;-1. The van der Waals surface area contributed by atoms with E-state index in [2.05, 4.69) is 25.7 Å². The minimum absolute atomic E-state index is 0. The Hall–Kier alpha value is 1.31. The zero-order valence-electron chi connectivity index (χ0n) is 8.53. The van der Waals surface area contributed by atoms with E-state index in [1.54, 1.807) is 0 Å². The summed E-state index contributed by atoms with van der Waals surface area (Å²) in [7, 11) is 5.96. The second kappa shape index (κ2) is 9.40. The van der Waals surface area contributed by atoms with Gasteiger partial charge in [0.25, 0.3) is 0 Å². The van der Waals surface area contributed by atoms with Crippen LogP contribution in [0.1, 0.15) is 1.43 Å². The van der Waals surface area contributed by atoms with Crippen molar-refractivity contribution in [2.45, 2.75) is 0 Å². The van der Waals surface area contributed by atoms with E-state index in [1.807, 2.05) is 0 Å². The SMILES string of the molecule is C[N+](C)(C)CCOP=O.Cl.[H-].[Na+]. The van der Waals surface area contributed by atoms with Crippen molar-refractivity contribution in [1.82, 2.24) is 0 Å². The van der Waals surface area contributed by atoms with Crippen molar-refractivity contribution in [2.24, 2.45) is 0 Å². The van der Waals surface area contributed by atoms with Crippen LogP contribution in [-0.2, 0) is 9.09 Å². The van der Waals surface area contributed by atoms with E-state index >= 15 is 0 Å². The maximum atomic E-state index is 9.76. The molecule has 0 aromatic carbocycles. The van der Waals surface area contributed by atoms with Gasteiger partial charge in [-0.05, 0) is 0 Å². The van der Waals surface area contributed by atoms with Crippen LogP contribution in [0.4, 0.5) is 0 Å². The van der Waals surface area contributed by atoms with Gasteiger partial charge in [0.2, 0.25) is 0 Å². The molecule has 0 radical (unpaired) electrons. The predicted octanol–water partition coefficient (Wildman–Crippen LogP) is -1.55. The number of halogens is 1. The van der Waals surface area contributed by atoms with Crippen LogP contribution in [0, 0.1) is 0 Å². The number of hydrogen-bond donors (Lipinski definition) is 0. The van der Waals surface area contributed by atoms with Crippen molar-refractivity contribution in [3.8, 4) is 0 Å². The summed E-state index contributed by atoms with van der Waals surface area (Å²) in [6.45, 7) is 1.43. The summed E-state index contributed by atoms with van der Waals surface area (Å²) >= 11 is 0. The molecule has 64 valence electrons. The minimum atomic E-state index is -0.217. The van der Waals surface area contributed by atoms with Crippen LogP contribution in [0.2, 0.25) is 0 Å². The Morgan fingerprint density at radius 3 is 2.18 bits per heavy atom. The van der Waals surface area contributed by atoms with Crippen LogP contribution < -0.4 is 29.6 Å². The molecule has 0 aliphatic heterocycles. The fourth-order valence-corrected chi connectivity index (χ4v) is 0.508. The van der Waals surface area contributed by atoms with Crippen LogP contribution >= 0.6 is 21.1 Å². The molecule has 0 aromatic heterocycles. The Morgan fingerprint density at radius 2 is 1.91 bits per heavy atom. The van der Waals surface area contributed by atoms with Gasteiger partial charge in [0.1, 0.15) is 13.2 Å². The second-order valence-corrected chi connectivity index (χ2v) is 3.33. The molecule has 0 bridgehead atoms. The van der Waals surface area contributed by atoms with Gasteiger partial charge in [-0.2, -0.15) is 0 Å². The second-order valence-electron chi connectivity index (χ2n) is 2.92. The topological polar surface area (TPSA) is 26.3 Å². The largest absolute Gasteiger partial charge is 1.00 e. The van der Waals surface area contributed by atoms with E-state index in [1.165, 1.54) is 0 Å². The third-order valence-electron chi connectivity index (χ3n) is 0.906. The predicted molar refractivity (Wildman–Crippen MR) is 44.8 cm³/mol. The first-order chi connectivity index (χ1) is 4.06. The minimum Gasteiger partial charge on any atom is -1.00 e. The maximum absolute atomic E-state index is 9.76. The summed E-state index contributed by atoms with van der Waals surface area (Å²) in [5, 5.41) is 0. The molecular weight excluding hydrogens is 195 g/mol. The smallest absolute Gasteiger partial charge is 1.00 e. The van der Waals surface area contributed by atoms with Crippen LogP contribution in [0.15, 0.2) is 0 Å². The van der Waals surface area contributed by atoms with E-state index in [-0.39, 0.29) is 52.1 Å². The molecule has 0 rings (SSSR count). The van der Waals surface area contributed by atoms with Crippen molar-refractivity contribution in [3.05, 3.63) is 0 Å². The van der Waals surface area contributed by atoms with Gasteiger partial charge in [-0.1, -0.05) is 0 Å². The molecule has 0 N–H and O–H groups in total. The summed E-state index contributed by atoms with van der Waals surface area (Å²) < 4.78 is 15.2. The zero-order chi connectivity index (χ0) is 7.33. The summed E-state index contributed by atoms with van der Waals surface area (Å²) in [6.07, 6.45) is 0. The van der Waals surface area contributed by atoms with E-state index in [0.717, 1.165) is 11.0 Å². The monoisotopic (exact) mass is 210 g/mol. The molecular formula is C5H15ClNNaO2P+. The van der Waals surface area contributed by atoms with E-state index in [0.29, 0.717) is 6.61 Å². The molecule has 0 aromatic rings. The van der Waals surface area contributed by atoms with Crippen LogP contribution in [0.25, 0.3) is 0 Å². The van der Waals surface area contributed by atoms with Gasteiger partial charge in [-0.3, -0.25) is 4.52 Å². The molecule has 0 fully saturated rings. The van der Waals surface area contributed by atoms with Crippen LogP contribution in [-0.4, -0.2) is 38.8 Å². The van der Waals surface area contributed by atoms with Gasteiger partial charge < -0.3 is 5.91 Å². The molecule has 0 amide bonds. The molecule has 0 unspecified atom stereocenters. The van der Waals surface area contributed by atoms with Crippen molar-refractivity contribution in [2.75, 3.05) is 34.3 Å². The fourth-order valence-electron chi connectivity index (χ4n) is 0.352. The molecule has 0 heterocycles. The van der Waals surface area contributed by atoms with E-state index in [4.69, 9.17) is 0 Å². The molecule has 0 saturated carbocycles. The Morgan fingerprint density at radius 1 is 1.45 bits per heavy atom. The fraction of sp³-hybridized carbons (Fsp3) is 1.00. The first kappa shape index (κ1) is 18.2. The normalized spacial score (nSPS) is 10.1. The molecule has 11 heavy (non-hydrogen) atoms. The molecule has 0 aliphatic rings. The number of nitrogens with zero attached hydrogens (tertiary/aromatic N) is 1. The van der Waals surface area contributed by atoms with Gasteiger partial charge >= 0.3 is 38.2 Å². The third kappa shape index (κ3) is 18.3. The summed E-state index contributed by atoms with van der Waals surface area (Å²) in [5.74, 6) is 0. The van der Waals surface area contributed by atoms with Crippen molar-refractivity contribution in [3.63, 3.8) is 0 Å².